The van der Waals surface area contributed by atoms with Crippen LogP contribution in [0.4, 0.5) is 0 Å². The van der Waals surface area contributed by atoms with Crippen LogP contribution in [0, 0.1) is 0 Å². The van der Waals surface area contributed by atoms with E-state index in [1.165, 1.54) is 4.79 Å². The van der Waals surface area contributed by atoms with E-state index in [2.05, 4.69) is 15.4 Å². The summed E-state index contributed by atoms with van der Waals surface area (Å²) in [5.74, 6) is 0. The molecule has 0 aliphatic carbocycles. The van der Waals surface area contributed by atoms with E-state index in [-0.39, 0.29) is 0 Å². The standard InChI is InChI=1S/C13H9ClN4/c14-11-7-5-10(6-8-11)9-15-18-13-4-2-1-3-12(13)16-17-18/h1-9H/b15-9-. The maximum absolute atomic E-state index is 5.82. The van der Waals surface area contributed by atoms with Gasteiger partial charge in [-0.3, -0.25) is 0 Å². The van der Waals surface area contributed by atoms with Crippen LogP contribution in [0.15, 0.2) is 53.6 Å². The van der Waals surface area contributed by atoms with Crippen LogP contribution < -0.4 is 0 Å². The number of fused-ring (bicyclic) bond motifs is 1. The smallest absolute Gasteiger partial charge is 0.115 e. The van der Waals surface area contributed by atoms with Gasteiger partial charge in [0.1, 0.15) is 11.0 Å². The molecule has 0 atom stereocenters. The molecular formula is C13H9ClN4. The zero-order valence-corrected chi connectivity index (χ0v) is 10.1. The Labute approximate surface area is 108 Å². The molecular weight excluding hydrogens is 248 g/mol. The Bertz CT molecular complexity index is 700. The number of hydrogen-bond acceptors (Lipinski definition) is 3. The summed E-state index contributed by atoms with van der Waals surface area (Å²) in [7, 11) is 0. The van der Waals surface area contributed by atoms with Crippen LogP contribution in [-0.4, -0.2) is 21.3 Å². The van der Waals surface area contributed by atoms with Crippen molar-refractivity contribution in [3.05, 3.63) is 59.1 Å². The molecule has 0 bridgehead atoms. The fraction of sp³-hybridized carbons (Fsp3) is 0. The molecule has 0 saturated carbocycles. The Balaban J connectivity index is 1.94. The Hall–Kier alpha value is -2.20. The van der Waals surface area contributed by atoms with Crippen molar-refractivity contribution < 1.29 is 0 Å². The molecule has 0 fully saturated rings. The first-order valence-electron chi connectivity index (χ1n) is 5.43. The number of benzene rings is 2. The van der Waals surface area contributed by atoms with Crippen LogP contribution in [0.25, 0.3) is 11.0 Å². The summed E-state index contributed by atoms with van der Waals surface area (Å²) in [6, 6.07) is 15.1. The molecule has 0 N–H and O–H groups in total. The maximum Gasteiger partial charge on any atom is 0.115 e. The van der Waals surface area contributed by atoms with E-state index in [1.54, 1.807) is 6.21 Å². The van der Waals surface area contributed by atoms with Gasteiger partial charge in [0, 0.05) is 5.02 Å². The van der Waals surface area contributed by atoms with Gasteiger partial charge in [0.15, 0.2) is 0 Å². The summed E-state index contributed by atoms with van der Waals surface area (Å²) in [5, 5.41) is 13.0. The van der Waals surface area contributed by atoms with Crippen molar-refractivity contribution >= 4 is 28.8 Å². The molecule has 0 spiro atoms. The van der Waals surface area contributed by atoms with Gasteiger partial charge in [-0.1, -0.05) is 35.9 Å². The van der Waals surface area contributed by atoms with Crippen molar-refractivity contribution in [2.24, 2.45) is 5.10 Å². The molecule has 0 aliphatic heterocycles. The van der Waals surface area contributed by atoms with Gasteiger partial charge >= 0.3 is 0 Å². The topological polar surface area (TPSA) is 43.1 Å². The molecule has 1 aromatic heterocycles. The van der Waals surface area contributed by atoms with Crippen LogP contribution in [-0.2, 0) is 0 Å². The fourth-order valence-electron chi connectivity index (χ4n) is 1.61. The van der Waals surface area contributed by atoms with Gasteiger partial charge in [-0.25, -0.2) is 0 Å². The highest BCUT2D eigenvalue weighted by molar-refractivity contribution is 6.30. The Morgan fingerprint density at radius 2 is 1.83 bits per heavy atom. The molecule has 0 radical (unpaired) electrons. The Morgan fingerprint density at radius 3 is 2.67 bits per heavy atom. The van der Waals surface area contributed by atoms with Gasteiger partial charge in [0.2, 0.25) is 0 Å². The summed E-state index contributed by atoms with van der Waals surface area (Å²) < 4.78 is 0. The molecule has 88 valence electrons. The van der Waals surface area contributed by atoms with E-state index < -0.39 is 0 Å². The van der Waals surface area contributed by atoms with Crippen molar-refractivity contribution in [1.29, 1.82) is 0 Å². The summed E-state index contributed by atoms with van der Waals surface area (Å²) in [6.45, 7) is 0. The van der Waals surface area contributed by atoms with Crippen molar-refractivity contribution in [2.75, 3.05) is 0 Å². The largest absolute Gasteiger partial charge is 0.156 e. The van der Waals surface area contributed by atoms with Gasteiger partial charge in [-0.2, -0.15) is 5.10 Å². The predicted molar refractivity (Wildman–Crippen MR) is 72.0 cm³/mol. The van der Waals surface area contributed by atoms with Gasteiger partial charge in [-0.05, 0) is 35.0 Å². The van der Waals surface area contributed by atoms with Crippen LogP contribution in [0.2, 0.25) is 5.02 Å². The minimum absolute atomic E-state index is 0.707. The molecule has 18 heavy (non-hydrogen) atoms. The number of halogens is 1. The Kier molecular flexibility index (Phi) is 2.78. The lowest BCUT2D eigenvalue weighted by atomic mass is 10.2. The van der Waals surface area contributed by atoms with Crippen molar-refractivity contribution in [3.8, 4) is 0 Å². The molecule has 3 aromatic rings. The summed E-state index contributed by atoms with van der Waals surface area (Å²) >= 11 is 5.82. The van der Waals surface area contributed by atoms with E-state index in [1.807, 2.05) is 48.5 Å². The monoisotopic (exact) mass is 256 g/mol. The van der Waals surface area contributed by atoms with Crippen molar-refractivity contribution in [2.45, 2.75) is 0 Å². The summed E-state index contributed by atoms with van der Waals surface area (Å²) in [4.78, 5) is 1.50. The molecule has 3 rings (SSSR count). The van der Waals surface area contributed by atoms with E-state index in [0.29, 0.717) is 5.02 Å². The number of hydrogen-bond donors (Lipinski definition) is 0. The second kappa shape index (κ2) is 4.58. The SMILES string of the molecule is Clc1ccc(/C=N\n2nnc3ccccc32)cc1. The number of para-hydroxylation sites is 1. The summed E-state index contributed by atoms with van der Waals surface area (Å²) in [5.41, 5.74) is 2.66. The van der Waals surface area contributed by atoms with E-state index >= 15 is 0 Å². The minimum atomic E-state index is 0.707. The number of aromatic nitrogens is 3. The minimum Gasteiger partial charge on any atom is -0.156 e. The zero-order chi connectivity index (χ0) is 12.4. The highest BCUT2D eigenvalue weighted by Crippen LogP contribution is 2.10. The quantitative estimate of drug-likeness (QED) is 0.662. The Morgan fingerprint density at radius 1 is 1.06 bits per heavy atom. The number of rotatable bonds is 2. The third-order valence-corrected chi connectivity index (χ3v) is 2.77. The van der Waals surface area contributed by atoms with Crippen LogP contribution in [0.3, 0.4) is 0 Å². The van der Waals surface area contributed by atoms with E-state index in [0.717, 1.165) is 16.6 Å². The second-order valence-corrected chi connectivity index (χ2v) is 4.20. The van der Waals surface area contributed by atoms with Gasteiger partial charge < -0.3 is 0 Å². The summed E-state index contributed by atoms with van der Waals surface area (Å²) in [6.07, 6.45) is 1.72. The molecule has 4 nitrogen and oxygen atoms in total. The van der Waals surface area contributed by atoms with Crippen LogP contribution in [0.1, 0.15) is 5.56 Å². The first kappa shape index (κ1) is 10.9. The second-order valence-electron chi connectivity index (χ2n) is 3.76. The van der Waals surface area contributed by atoms with Crippen LogP contribution >= 0.6 is 11.6 Å². The van der Waals surface area contributed by atoms with Crippen molar-refractivity contribution in [3.63, 3.8) is 0 Å². The van der Waals surface area contributed by atoms with Gasteiger partial charge in [-0.15, -0.1) is 9.89 Å². The lowest BCUT2D eigenvalue weighted by Crippen LogP contribution is -1.92. The third kappa shape index (κ3) is 2.10. The lowest BCUT2D eigenvalue weighted by molar-refractivity contribution is 0.718. The maximum atomic E-state index is 5.82. The predicted octanol–water partition coefficient (Wildman–Crippen LogP) is 2.97. The first-order chi connectivity index (χ1) is 8.83. The molecule has 5 heteroatoms. The first-order valence-corrected chi connectivity index (χ1v) is 5.81. The number of nitrogens with zero attached hydrogens (tertiary/aromatic N) is 4. The lowest BCUT2D eigenvalue weighted by Gasteiger charge is -1.94. The van der Waals surface area contributed by atoms with Gasteiger partial charge in [0.25, 0.3) is 0 Å². The highest BCUT2D eigenvalue weighted by atomic mass is 35.5. The molecule has 0 saturated heterocycles. The van der Waals surface area contributed by atoms with Gasteiger partial charge in [0.05, 0.1) is 6.21 Å². The molecule has 1 heterocycles. The fourth-order valence-corrected chi connectivity index (χ4v) is 1.74. The molecule has 2 aromatic carbocycles. The third-order valence-electron chi connectivity index (χ3n) is 2.52. The van der Waals surface area contributed by atoms with E-state index in [4.69, 9.17) is 11.6 Å². The molecule has 0 aliphatic rings. The van der Waals surface area contributed by atoms with E-state index in [9.17, 15) is 0 Å². The average molecular weight is 257 g/mol. The highest BCUT2D eigenvalue weighted by Gasteiger charge is 2.00. The average Bonchev–Trinajstić information content (AvgIpc) is 2.82. The zero-order valence-electron chi connectivity index (χ0n) is 9.36. The van der Waals surface area contributed by atoms with Crippen LogP contribution in [0.5, 0.6) is 0 Å². The van der Waals surface area contributed by atoms with Crippen molar-refractivity contribution in [1.82, 2.24) is 15.1 Å². The normalized spacial score (nSPS) is 11.4. The molecule has 0 amide bonds. The molecule has 0 unspecified atom stereocenters.